The van der Waals surface area contributed by atoms with E-state index in [1.165, 1.54) is 0 Å². The van der Waals surface area contributed by atoms with E-state index in [1.807, 2.05) is 0 Å². The minimum absolute atomic E-state index is 0.473. The van der Waals surface area contributed by atoms with Crippen molar-refractivity contribution in [1.29, 1.82) is 0 Å². The molecule has 2 rings (SSSR count). The van der Waals surface area contributed by atoms with Crippen molar-refractivity contribution in [3.63, 3.8) is 0 Å². The van der Waals surface area contributed by atoms with Crippen LogP contribution in [0.1, 0.15) is 11.5 Å². The second-order valence-corrected chi connectivity index (χ2v) is 3.44. The molecule has 0 spiro atoms. The van der Waals surface area contributed by atoms with E-state index in [0.29, 0.717) is 5.56 Å². The zero-order valence-corrected chi connectivity index (χ0v) is 7.28. The molecule has 0 bridgehead atoms. The maximum absolute atomic E-state index is 13.1. The molecule has 1 aromatic carbocycles. The molecule has 2 atom stereocenters. The van der Waals surface area contributed by atoms with Gasteiger partial charge >= 0.3 is 0 Å². The van der Waals surface area contributed by atoms with Gasteiger partial charge in [-0.3, -0.25) is 4.79 Å². The largest absolute Gasteiger partial charge is 0.369 e. The van der Waals surface area contributed by atoms with Gasteiger partial charge in [0.2, 0.25) is 5.91 Å². The number of rotatable bonds is 2. The van der Waals surface area contributed by atoms with E-state index >= 15 is 0 Å². The zero-order valence-electron chi connectivity index (χ0n) is 7.28. The number of alkyl halides is 2. The number of halogens is 2. The summed E-state index contributed by atoms with van der Waals surface area (Å²) in [6, 6.07) is 8.25. The van der Waals surface area contributed by atoms with Gasteiger partial charge in [0, 0.05) is 0 Å². The highest BCUT2D eigenvalue weighted by molar-refractivity contribution is 5.83. The highest BCUT2D eigenvalue weighted by Crippen LogP contribution is 2.61. The average molecular weight is 197 g/mol. The van der Waals surface area contributed by atoms with Crippen molar-refractivity contribution in [3.8, 4) is 0 Å². The predicted molar refractivity (Wildman–Crippen MR) is 46.8 cm³/mol. The summed E-state index contributed by atoms with van der Waals surface area (Å²) < 4.78 is 26.2. The predicted octanol–water partition coefficient (Wildman–Crippen LogP) is 1.52. The third-order valence-corrected chi connectivity index (χ3v) is 2.52. The number of benzene rings is 1. The Morgan fingerprint density at radius 2 is 1.86 bits per heavy atom. The van der Waals surface area contributed by atoms with Crippen LogP contribution in [0, 0.1) is 5.92 Å². The van der Waals surface area contributed by atoms with Gasteiger partial charge in [-0.05, 0) is 5.56 Å². The van der Waals surface area contributed by atoms with E-state index in [9.17, 15) is 13.6 Å². The van der Waals surface area contributed by atoms with Crippen LogP contribution in [0.4, 0.5) is 8.78 Å². The Labute approximate surface area is 79.7 Å². The fourth-order valence-corrected chi connectivity index (χ4v) is 1.76. The standard InChI is InChI=1S/C10H9F2NO/c11-10(12)7(8(10)9(13)14)6-4-2-1-3-5-6/h1-5,7-8H,(H2,13,14)/t7-,8+/m1/s1. The molecule has 2 N–H and O–H groups in total. The molecule has 4 heteroatoms. The summed E-state index contributed by atoms with van der Waals surface area (Å²) in [4.78, 5) is 10.7. The van der Waals surface area contributed by atoms with Gasteiger partial charge in [0.15, 0.2) is 0 Å². The van der Waals surface area contributed by atoms with E-state index in [2.05, 4.69) is 0 Å². The first-order valence-corrected chi connectivity index (χ1v) is 4.27. The van der Waals surface area contributed by atoms with Gasteiger partial charge < -0.3 is 5.73 Å². The van der Waals surface area contributed by atoms with Crippen LogP contribution in [0.15, 0.2) is 30.3 Å². The smallest absolute Gasteiger partial charge is 0.268 e. The number of hydrogen-bond acceptors (Lipinski definition) is 1. The van der Waals surface area contributed by atoms with Crippen LogP contribution in [-0.2, 0) is 4.79 Å². The highest BCUT2D eigenvalue weighted by atomic mass is 19.3. The van der Waals surface area contributed by atoms with Crippen LogP contribution in [-0.4, -0.2) is 11.8 Å². The molecule has 0 saturated heterocycles. The summed E-state index contributed by atoms with van der Waals surface area (Å²) in [6.45, 7) is 0. The van der Waals surface area contributed by atoms with Crippen LogP contribution in [0.5, 0.6) is 0 Å². The molecule has 0 aromatic heterocycles. The molecule has 0 heterocycles. The summed E-state index contributed by atoms with van der Waals surface area (Å²) >= 11 is 0. The Morgan fingerprint density at radius 3 is 2.29 bits per heavy atom. The molecule has 74 valence electrons. The number of nitrogens with two attached hydrogens (primary N) is 1. The molecular weight excluding hydrogens is 188 g/mol. The molecule has 0 unspecified atom stereocenters. The maximum Gasteiger partial charge on any atom is 0.268 e. The Balaban J connectivity index is 2.28. The quantitative estimate of drug-likeness (QED) is 0.767. The van der Waals surface area contributed by atoms with E-state index in [1.54, 1.807) is 30.3 Å². The van der Waals surface area contributed by atoms with Gasteiger partial charge in [0.05, 0.1) is 5.92 Å². The lowest BCUT2D eigenvalue weighted by molar-refractivity contribution is -0.121. The molecule has 0 aliphatic heterocycles. The summed E-state index contributed by atoms with van der Waals surface area (Å²) in [5.74, 6) is -6.25. The van der Waals surface area contributed by atoms with Crippen molar-refractivity contribution in [1.82, 2.24) is 0 Å². The van der Waals surface area contributed by atoms with Crippen molar-refractivity contribution in [2.45, 2.75) is 11.8 Å². The highest BCUT2D eigenvalue weighted by Gasteiger charge is 2.71. The Hall–Kier alpha value is -1.45. The molecular formula is C10H9F2NO. The number of amides is 1. The van der Waals surface area contributed by atoms with Crippen molar-refractivity contribution in [2.75, 3.05) is 0 Å². The van der Waals surface area contributed by atoms with Gasteiger partial charge in [-0.1, -0.05) is 30.3 Å². The minimum atomic E-state index is -2.97. The normalized spacial score (nSPS) is 28.4. The summed E-state index contributed by atoms with van der Waals surface area (Å²) in [6.07, 6.45) is 0. The molecule has 1 aliphatic carbocycles. The first-order valence-electron chi connectivity index (χ1n) is 4.27. The van der Waals surface area contributed by atoms with Crippen LogP contribution in [0.3, 0.4) is 0 Å². The number of primary amides is 1. The molecule has 2 nitrogen and oxygen atoms in total. The van der Waals surface area contributed by atoms with E-state index < -0.39 is 23.7 Å². The van der Waals surface area contributed by atoms with Crippen molar-refractivity contribution in [3.05, 3.63) is 35.9 Å². The van der Waals surface area contributed by atoms with E-state index in [0.717, 1.165) is 0 Å². The van der Waals surface area contributed by atoms with Gasteiger partial charge in [-0.15, -0.1) is 0 Å². The lowest BCUT2D eigenvalue weighted by Gasteiger charge is -1.96. The Bertz CT molecular complexity index is 364. The second-order valence-electron chi connectivity index (χ2n) is 3.44. The molecule has 1 aliphatic rings. The van der Waals surface area contributed by atoms with Crippen molar-refractivity contribution in [2.24, 2.45) is 11.7 Å². The molecule has 0 radical (unpaired) electrons. The molecule has 1 fully saturated rings. The fourth-order valence-electron chi connectivity index (χ4n) is 1.76. The van der Waals surface area contributed by atoms with E-state index in [4.69, 9.17) is 5.73 Å². The zero-order chi connectivity index (χ0) is 10.3. The van der Waals surface area contributed by atoms with Crippen LogP contribution in [0.2, 0.25) is 0 Å². The molecule has 1 amide bonds. The lowest BCUT2D eigenvalue weighted by atomic mass is 10.1. The third kappa shape index (κ3) is 1.18. The summed E-state index contributed by atoms with van der Waals surface area (Å²) in [7, 11) is 0. The third-order valence-electron chi connectivity index (χ3n) is 2.52. The van der Waals surface area contributed by atoms with Crippen molar-refractivity contribution < 1.29 is 13.6 Å². The molecule has 14 heavy (non-hydrogen) atoms. The van der Waals surface area contributed by atoms with Gasteiger partial charge in [0.25, 0.3) is 5.92 Å². The molecule has 1 aromatic rings. The van der Waals surface area contributed by atoms with E-state index in [-0.39, 0.29) is 0 Å². The average Bonchev–Trinajstić information content (AvgIpc) is 2.71. The van der Waals surface area contributed by atoms with Gasteiger partial charge in [-0.2, -0.15) is 0 Å². The lowest BCUT2D eigenvalue weighted by Crippen LogP contribution is -2.17. The fraction of sp³-hybridized carbons (Fsp3) is 0.300. The van der Waals surface area contributed by atoms with Gasteiger partial charge in [0.1, 0.15) is 5.92 Å². The number of carbonyl (C=O) groups excluding carboxylic acids is 1. The number of carbonyl (C=O) groups is 1. The second kappa shape index (κ2) is 2.77. The first-order chi connectivity index (χ1) is 6.55. The van der Waals surface area contributed by atoms with Crippen LogP contribution < -0.4 is 5.73 Å². The minimum Gasteiger partial charge on any atom is -0.369 e. The molecule has 1 saturated carbocycles. The summed E-state index contributed by atoms with van der Waals surface area (Å²) in [5.41, 5.74) is 5.36. The van der Waals surface area contributed by atoms with Crippen LogP contribution >= 0.6 is 0 Å². The number of hydrogen-bond donors (Lipinski definition) is 1. The topological polar surface area (TPSA) is 43.1 Å². The SMILES string of the molecule is NC(=O)[C@@H]1[C@@H](c2ccccc2)C1(F)F. The maximum atomic E-state index is 13.1. The van der Waals surface area contributed by atoms with Crippen molar-refractivity contribution >= 4 is 5.91 Å². The monoisotopic (exact) mass is 197 g/mol. The van der Waals surface area contributed by atoms with Crippen LogP contribution in [0.25, 0.3) is 0 Å². The Kier molecular flexibility index (Phi) is 1.80. The Morgan fingerprint density at radius 1 is 1.29 bits per heavy atom. The summed E-state index contributed by atoms with van der Waals surface area (Å²) in [5, 5.41) is 0. The van der Waals surface area contributed by atoms with Gasteiger partial charge in [-0.25, -0.2) is 8.78 Å². The first kappa shape index (κ1) is 9.12.